The number of benzene rings is 1. The van der Waals surface area contributed by atoms with Crippen molar-refractivity contribution in [1.29, 1.82) is 0 Å². The molecule has 0 aliphatic rings. The van der Waals surface area contributed by atoms with Crippen LogP contribution in [0.5, 0.6) is 0 Å². The fourth-order valence-corrected chi connectivity index (χ4v) is 1.71. The van der Waals surface area contributed by atoms with Crippen molar-refractivity contribution in [2.24, 2.45) is 0 Å². The third-order valence-corrected chi connectivity index (χ3v) is 2.64. The highest BCUT2D eigenvalue weighted by molar-refractivity contribution is 5.95. The van der Waals surface area contributed by atoms with Gasteiger partial charge in [0, 0.05) is 13.2 Å². The molecule has 1 aromatic heterocycles. The van der Waals surface area contributed by atoms with Gasteiger partial charge in [0.2, 0.25) is 0 Å². The number of ether oxygens (including phenoxy) is 1. The molecule has 2 aromatic rings. The molecule has 7 heteroatoms. The Bertz CT molecular complexity index is 609. The predicted molar refractivity (Wildman–Crippen MR) is 70.4 cm³/mol. The summed E-state index contributed by atoms with van der Waals surface area (Å²) in [5, 5.41) is 17.3. The maximum absolute atomic E-state index is 12.1. The molecular weight excluding hydrogens is 262 g/mol. The number of nitrogens with zero attached hydrogens (tertiary/aromatic N) is 1. The van der Waals surface area contributed by atoms with Crippen molar-refractivity contribution in [2.75, 3.05) is 12.4 Å². The molecule has 0 aliphatic carbocycles. The molecule has 0 aliphatic heterocycles. The lowest BCUT2D eigenvalue weighted by molar-refractivity contribution is -0.126. The second-order valence-corrected chi connectivity index (χ2v) is 3.99. The standard InChI is InChI=1S/C13H13N3O4/c1-20-11(8-5-3-2-4-6-8)12(17)14-10-7-9(13(18)19)15-16-10/h2-7,11H,1H3,(H,18,19)(H2,14,15,16,17). The van der Waals surface area contributed by atoms with Crippen LogP contribution in [0.4, 0.5) is 5.82 Å². The molecule has 1 aromatic carbocycles. The summed E-state index contributed by atoms with van der Waals surface area (Å²) in [6, 6.07) is 10.2. The fourth-order valence-electron chi connectivity index (χ4n) is 1.71. The summed E-state index contributed by atoms with van der Waals surface area (Å²) in [4.78, 5) is 22.8. The third-order valence-electron chi connectivity index (χ3n) is 2.64. The van der Waals surface area contributed by atoms with E-state index in [0.717, 1.165) is 0 Å². The van der Waals surface area contributed by atoms with Gasteiger partial charge in [-0.15, -0.1) is 0 Å². The minimum Gasteiger partial charge on any atom is -0.477 e. The smallest absolute Gasteiger partial charge is 0.353 e. The Morgan fingerprint density at radius 1 is 1.35 bits per heavy atom. The van der Waals surface area contributed by atoms with E-state index >= 15 is 0 Å². The quantitative estimate of drug-likeness (QED) is 0.765. The van der Waals surface area contributed by atoms with Crippen LogP contribution in [0.25, 0.3) is 0 Å². The number of aromatic amines is 1. The molecule has 0 spiro atoms. The van der Waals surface area contributed by atoms with E-state index in [1.54, 1.807) is 24.3 Å². The summed E-state index contributed by atoms with van der Waals surface area (Å²) in [6.45, 7) is 0. The second-order valence-electron chi connectivity index (χ2n) is 3.99. The lowest BCUT2D eigenvalue weighted by Gasteiger charge is -2.14. The number of anilines is 1. The molecular formula is C13H13N3O4. The number of aromatic carboxylic acids is 1. The number of rotatable bonds is 5. The highest BCUT2D eigenvalue weighted by Crippen LogP contribution is 2.18. The summed E-state index contributed by atoms with van der Waals surface area (Å²) >= 11 is 0. The first kappa shape index (κ1) is 13.8. The third kappa shape index (κ3) is 3.01. The van der Waals surface area contributed by atoms with Gasteiger partial charge in [-0.25, -0.2) is 4.79 Å². The molecule has 1 heterocycles. The van der Waals surface area contributed by atoms with Crippen molar-refractivity contribution in [3.8, 4) is 0 Å². The Morgan fingerprint density at radius 2 is 2.05 bits per heavy atom. The van der Waals surface area contributed by atoms with E-state index in [2.05, 4.69) is 15.5 Å². The van der Waals surface area contributed by atoms with Gasteiger partial charge in [-0.1, -0.05) is 30.3 Å². The number of nitrogens with one attached hydrogen (secondary N) is 2. The maximum atomic E-state index is 12.1. The van der Waals surface area contributed by atoms with E-state index < -0.39 is 18.0 Å². The molecule has 7 nitrogen and oxygen atoms in total. The van der Waals surface area contributed by atoms with Crippen LogP contribution in [0.3, 0.4) is 0 Å². The van der Waals surface area contributed by atoms with Crippen molar-refractivity contribution in [3.63, 3.8) is 0 Å². The lowest BCUT2D eigenvalue weighted by Crippen LogP contribution is -2.22. The highest BCUT2D eigenvalue weighted by Gasteiger charge is 2.21. The Balaban J connectivity index is 2.11. The first-order chi connectivity index (χ1) is 9.61. The molecule has 20 heavy (non-hydrogen) atoms. The molecule has 2 rings (SSSR count). The highest BCUT2D eigenvalue weighted by atomic mass is 16.5. The summed E-state index contributed by atoms with van der Waals surface area (Å²) < 4.78 is 5.16. The number of carboxylic acid groups (broad SMARTS) is 1. The summed E-state index contributed by atoms with van der Waals surface area (Å²) in [7, 11) is 1.42. The Kier molecular flexibility index (Phi) is 4.11. The number of carbonyl (C=O) groups is 2. The second kappa shape index (κ2) is 5.98. The SMILES string of the molecule is COC(C(=O)Nc1cc(C(=O)O)[nH]n1)c1ccccc1. The van der Waals surface area contributed by atoms with Gasteiger partial charge in [-0.05, 0) is 5.56 Å². The average molecular weight is 275 g/mol. The van der Waals surface area contributed by atoms with E-state index in [1.165, 1.54) is 13.2 Å². The molecule has 1 amide bonds. The van der Waals surface area contributed by atoms with Gasteiger partial charge in [0.05, 0.1) is 0 Å². The molecule has 3 N–H and O–H groups in total. The predicted octanol–water partition coefficient (Wildman–Crippen LogP) is 1.43. The zero-order valence-corrected chi connectivity index (χ0v) is 10.7. The van der Waals surface area contributed by atoms with E-state index in [-0.39, 0.29) is 11.5 Å². The van der Waals surface area contributed by atoms with Gasteiger partial charge in [0.15, 0.2) is 11.9 Å². The van der Waals surface area contributed by atoms with Crippen molar-refractivity contribution >= 4 is 17.7 Å². The van der Waals surface area contributed by atoms with Crippen LogP contribution in [-0.2, 0) is 9.53 Å². The van der Waals surface area contributed by atoms with E-state index in [1.807, 2.05) is 6.07 Å². The zero-order chi connectivity index (χ0) is 14.5. The number of aromatic nitrogens is 2. The Labute approximate surface area is 114 Å². The molecule has 0 saturated heterocycles. The van der Waals surface area contributed by atoms with Crippen molar-refractivity contribution in [2.45, 2.75) is 6.10 Å². The van der Waals surface area contributed by atoms with Gasteiger partial charge in [0.25, 0.3) is 5.91 Å². The monoisotopic (exact) mass is 275 g/mol. The van der Waals surface area contributed by atoms with Crippen molar-refractivity contribution in [3.05, 3.63) is 47.7 Å². The summed E-state index contributed by atoms with van der Waals surface area (Å²) in [5.41, 5.74) is 0.593. The average Bonchev–Trinajstić information content (AvgIpc) is 2.89. The first-order valence-electron chi connectivity index (χ1n) is 5.79. The van der Waals surface area contributed by atoms with Crippen LogP contribution >= 0.6 is 0 Å². The number of hydrogen-bond donors (Lipinski definition) is 3. The number of H-pyrrole nitrogens is 1. The molecule has 1 atom stereocenters. The van der Waals surface area contributed by atoms with Crippen LogP contribution in [0.15, 0.2) is 36.4 Å². The summed E-state index contributed by atoms with van der Waals surface area (Å²) in [6.07, 6.45) is -0.791. The summed E-state index contributed by atoms with van der Waals surface area (Å²) in [5.74, 6) is -1.45. The topological polar surface area (TPSA) is 104 Å². The van der Waals surface area contributed by atoms with Crippen LogP contribution in [0.1, 0.15) is 22.2 Å². The number of hydrogen-bond acceptors (Lipinski definition) is 4. The van der Waals surface area contributed by atoms with Gasteiger partial charge in [0.1, 0.15) is 5.69 Å². The first-order valence-corrected chi connectivity index (χ1v) is 5.79. The molecule has 0 saturated carbocycles. The number of carbonyl (C=O) groups excluding carboxylic acids is 1. The van der Waals surface area contributed by atoms with Crippen LogP contribution < -0.4 is 5.32 Å². The van der Waals surface area contributed by atoms with E-state index in [0.29, 0.717) is 5.56 Å². The van der Waals surface area contributed by atoms with Gasteiger partial charge in [-0.2, -0.15) is 5.10 Å². The largest absolute Gasteiger partial charge is 0.477 e. The normalized spacial score (nSPS) is 11.8. The minimum atomic E-state index is -1.15. The molecule has 0 fully saturated rings. The lowest BCUT2D eigenvalue weighted by atomic mass is 10.1. The van der Waals surface area contributed by atoms with E-state index in [9.17, 15) is 9.59 Å². The molecule has 104 valence electrons. The number of methoxy groups -OCH3 is 1. The molecule has 1 unspecified atom stereocenters. The maximum Gasteiger partial charge on any atom is 0.353 e. The zero-order valence-electron chi connectivity index (χ0n) is 10.7. The van der Waals surface area contributed by atoms with E-state index in [4.69, 9.17) is 9.84 Å². The van der Waals surface area contributed by atoms with Gasteiger partial charge >= 0.3 is 5.97 Å². The van der Waals surface area contributed by atoms with Crippen LogP contribution in [0, 0.1) is 0 Å². The van der Waals surface area contributed by atoms with Gasteiger partial charge < -0.3 is 15.2 Å². The molecule has 0 radical (unpaired) electrons. The number of carboxylic acids is 1. The Morgan fingerprint density at radius 3 is 2.60 bits per heavy atom. The fraction of sp³-hybridized carbons (Fsp3) is 0.154. The minimum absolute atomic E-state index is 0.103. The van der Waals surface area contributed by atoms with Crippen LogP contribution in [0.2, 0.25) is 0 Å². The molecule has 0 bridgehead atoms. The van der Waals surface area contributed by atoms with Crippen molar-refractivity contribution < 1.29 is 19.4 Å². The van der Waals surface area contributed by atoms with Gasteiger partial charge in [-0.3, -0.25) is 9.89 Å². The van der Waals surface area contributed by atoms with Crippen LogP contribution in [-0.4, -0.2) is 34.3 Å². The Hall–Kier alpha value is -2.67. The number of amides is 1. The van der Waals surface area contributed by atoms with Crippen molar-refractivity contribution in [1.82, 2.24) is 10.2 Å².